The zero-order valence-electron chi connectivity index (χ0n) is 15.0. The molecule has 1 aromatic heterocycles. The van der Waals surface area contributed by atoms with Gasteiger partial charge in [0.2, 0.25) is 15.2 Å². The van der Waals surface area contributed by atoms with Crippen molar-refractivity contribution in [1.82, 2.24) is 9.29 Å². The number of hydrogen-bond acceptors (Lipinski definition) is 7. The van der Waals surface area contributed by atoms with E-state index >= 15 is 0 Å². The summed E-state index contributed by atoms with van der Waals surface area (Å²) in [6, 6.07) is 3.82. The number of thiazole rings is 1. The van der Waals surface area contributed by atoms with Gasteiger partial charge in [0.25, 0.3) is 0 Å². The first-order valence-corrected chi connectivity index (χ1v) is 11.4. The zero-order chi connectivity index (χ0) is 18.9. The van der Waals surface area contributed by atoms with Crippen LogP contribution < -0.4 is 10.3 Å². The predicted octanol–water partition coefficient (Wildman–Crippen LogP) is 3.23. The number of sulfonamides is 1. The van der Waals surface area contributed by atoms with Gasteiger partial charge in [-0.3, -0.25) is 5.43 Å². The van der Waals surface area contributed by atoms with Crippen LogP contribution in [0.4, 0.5) is 10.8 Å². The molecule has 0 radical (unpaired) electrons. The van der Waals surface area contributed by atoms with Crippen molar-refractivity contribution in [2.24, 2.45) is 5.10 Å². The van der Waals surface area contributed by atoms with Crippen LogP contribution >= 0.6 is 22.9 Å². The molecule has 1 aliphatic rings. The molecule has 1 N–H and O–H groups in total. The van der Waals surface area contributed by atoms with Gasteiger partial charge in [0.15, 0.2) is 0 Å². The fourth-order valence-electron chi connectivity index (χ4n) is 2.77. The summed E-state index contributed by atoms with van der Waals surface area (Å²) in [4.78, 5) is 6.77. The van der Waals surface area contributed by atoms with E-state index in [0.29, 0.717) is 36.3 Å². The zero-order valence-corrected chi connectivity index (χ0v) is 17.4. The number of hydrogen-bond donors (Lipinski definition) is 1. The summed E-state index contributed by atoms with van der Waals surface area (Å²) < 4.78 is 25.9. The lowest BCUT2D eigenvalue weighted by Gasteiger charge is -2.35. The Bertz CT molecular complexity index is 934. The topological polar surface area (TPSA) is 77.9 Å². The maximum atomic E-state index is 11.7. The minimum absolute atomic E-state index is 0.445. The number of nitrogens with zero attached hydrogens (tertiary/aromatic N) is 4. The van der Waals surface area contributed by atoms with Crippen molar-refractivity contribution < 1.29 is 8.42 Å². The van der Waals surface area contributed by atoms with Gasteiger partial charge in [0, 0.05) is 31.9 Å². The van der Waals surface area contributed by atoms with Crippen molar-refractivity contribution in [3.63, 3.8) is 0 Å². The van der Waals surface area contributed by atoms with Crippen molar-refractivity contribution in [2.45, 2.75) is 20.3 Å². The minimum Gasteiger partial charge on any atom is -0.366 e. The lowest BCUT2D eigenvalue weighted by atomic mass is 10.2. The molecule has 2 aromatic rings. The first kappa shape index (κ1) is 19.3. The summed E-state index contributed by atoms with van der Waals surface area (Å²) >= 11 is 7.99. The van der Waals surface area contributed by atoms with E-state index in [2.05, 4.69) is 20.4 Å². The van der Waals surface area contributed by atoms with Crippen LogP contribution in [0.25, 0.3) is 10.2 Å². The van der Waals surface area contributed by atoms with Gasteiger partial charge >= 0.3 is 0 Å². The summed E-state index contributed by atoms with van der Waals surface area (Å²) in [5.74, 6) is 0. The Kier molecular flexibility index (Phi) is 5.71. The van der Waals surface area contributed by atoms with Gasteiger partial charge in [-0.15, -0.1) is 0 Å². The van der Waals surface area contributed by atoms with Gasteiger partial charge in [-0.25, -0.2) is 13.4 Å². The molecule has 0 spiro atoms. The number of halogens is 1. The van der Waals surface area contributed by atoms with E-state index in [1.54, 1.807) is 0 Å². The van der Waals surface area contributed by atoms with E-state index in [4.69, 9.17) is 11.6 Å². The third kappa shape index (κ3) is 4.11. The van der Waals surface area contributed by atoms with Crippen LogP contribution in [0.3, 0.4) is 0 Å². The van der Waals surface area contributed by atoms with Crippen LogP contribution in [0.2, 0.25) is 5.02 Å². The van der Waals surface area contributed by atoms with Crippen molar-refractivity contribution in [2.75, 3.05) is 42.8 Å². The Hall–Kier alpha value is -1.42. The number of benzene rings is 1. The second kappa shape index (κ2) is 7.67. The normalized spacial score (nSPS) is 17.1. The molecule has 1 aliphatic heterocycles. The van der Waals surface area contributed by atoms with Gasteiger partial charge in [-0.2, -0.15) is 9.41 Å². The number of aromatic nitrogens is 1. The standard InChI is InChI=1S/C16H22ClN5O2S2/c1-4-11(2)19-20-16-18-14-13(25-16)6-5-12(17)15(14)21-7-9-22(10-8-21)26(3,23)24/h5-6H,4,7-10H2,1-3H3,(H,18,20)/b19-11+. The molecular formula is C16H22ClN5O2S2. The highest BCUT2D eigenvalue weighted by Crippen LogP contribution is 2.38. The Morgan fingerprint density at radius 1 is 1.35 bits per heavy atom. The fraction of sp³-hybridized carbons (Fsp3) is 0.500. The number of fused-ring (bicyclic) bond motifs is 1. The molecule has 1 saturated heterocycles. The van der Waals surface area contributed by atoms with Crippen LogP contribution in [-0.4, -0.2) is 55.9 Å². The van der Waals surface area contributed by atoms with E-state index in [0.717, 1.165) is 28.0 Å². The second-order valence-electron chi connectivity index (χ2n) is 6.22. The molecule has 0 unspecified atom stereocenters. The molecular weight excluding hydrogens is 394 g/mol. The van der Waals surface area contributed by atoms with Crippen LogP contribution in [0.1, 0.15) is 20.3 Å². The molecule has 10 heteroatoms. The molecule has 3 rings (SSSR count). The maximum absolute atomic E-state index is 11.7. The maximum Gasteiger partial charge on any atom is 0.211 e. The Morgan fingerprint density at radius 2 is 2.04 bits per heavy atom. The van der Waals surface area contributed by atoms with Gasteiger partial charge in [0.05, 0.1) is 21.7 Å². The van der Waals surface area contributed by atoms with Gasteiger partial charge in [0.1, 0.15) is 5.52 Å². The van der Waals surface area contributed by atoms with Crippen molar-refractivity contribution in [3.05, 3.63) is 17.2 Å². The molecule has 0 bridgehead atoms. The van der Waals surface area contributed by atoms with Crippen LogP contribution in [-0.2, 0) is 10.0 Å². The lowest BCUT2D eigenvalue weighted by Crippen LogP contribution is -2.48. The number of anilines is 2. The van der Waals surface area contributed by atoms with Crippen LogP contribution in [0, 0.1) is 0 Å². The molecule has 2 heterocycles. The molecule has 0 aliphatic carbocycles. The highest BCUT2D eigenvalue weighted by atomic mass is 35.5. The number of rotatable bonds is 5. The van der Waals surface area contributed by atoms with Crippen molar-refractivity contribution in [3.8, 4) is 0 Å². The van der Waals surface area contributed by atoms with E-state index in [-0.39, 0.29) is 0 Å². The highest BCUT2D eigenvalue weighted by Gasteiger charge is 2.26. The number of hydrazone groups is 1. The predicted molar refractivity (Wildman–Crippen MR) is 110 cm³/mol. The summed E-state index contributed by atoms with van der Waals surface area (Å²) in [7, 11) is -3.16. The van der Waals surface area contributed by atoms with Crippen molar-refractivity contribution >= 4 is 59.7 Å². The third-order valence-electron chi connectivity index (χ3n) is 4.36. The Labute approximate surface area is 162 Å². The average Bonchev–Trinajstić information content (AvgIpc) is 3.02. The van der Waals surface area contributed by atoms with Gasteiger partial charge in [-0.05, 0) is 25.5 Å². The van der Waals surface area contributed by atoms with Crippen molar-refractivity contribution in [1.29, 1.82) is 0 Å². The first-order valence-electron chi connectivity index (χ1n) is 8.38. The fourth-order valence-corrected chi connectivity index (χ4v) is 4.68. The van der Waals surface area contributed by atoms with E-state index in [1.807, 2.05) is 26.0 Å². The summed E-state index contributed by atoms with van der Waals surface area (Å²) in [5.41, 5.74) is 5.69. The minimum atomic E-state index is -3.16. The molecule has 0 amide bonds. The number of piperazine rings is 1. The quantitative estimate of drug-likeness (QED) is 0.599. The van der Waals surface area contributed by atoms with E-state index in [9.17, 15) is 8.42 Å². The molecule has 1 aromatic carbocycles. The summed E-state index contributed by atoms with van der Waals surface area (Å²) in [6.45, 7) is 6.07. The van der Waals surface area contributed by atoms with Crippen LogP contribution in [0.15, 0.2) is 17.2 Å². The molecule has 0 atom stereocenters. The average molecular weight is 416 g/mol. The monoisotopic (exact) mass is 415 g/mol. The molecule has 1 fully saturated rings. The lowest BCUT2D eigenvalue weighted by molar-refractivity contribution is 0.388. The molecule has 0 saturated carbocycles. The second-order valence-corrected chi connectivity index (χ2v) is 9.64. The smallest absolute Gasteiger partial charge is 0.211 e. The van der Waals surface area contributed by atoms with Gasteiger partial charge in [-0.1, -0.05) is 29.9 Å². The Morgan fingerprint density at radius 3 is 2.65 bits per heavy atom. The summed E-state index contributed by atoms with van der Waals surface area (Å²) in [6.07, 6.45) is 2.12. The highest BCUT2D eigenvalue weighted by molar-refractivity contribution is 7.88. The van der Waals surface area contributed by atoms with E-state index < -0.39 is 10.0 Å². The third-order valence-corrected chi connectivity index (χ3v) is 6.90. The van der Waals surface area contributed by atoms with Gasteiger partial charge < -0.3 is 4.90 Å². The molecule has 26 heavy (non-hydrogen) atoms. The van der Waals surface area contributed by atoms with Crippen LogP contribution in [0.5, 0.6) is 0 Å². The Balaban J connectivity index is 1.88. The molecule has 7 nitrogen and oxygen atoms in total. The largest absolute Gasteiger partial charge is 0.366 e. The SMILES string of the molecule is CC/C(C)=N/Nc1nc2c(N3CCN(S(C)(=O)=O)CC3)c(Cl)ccc2s1. The first-order chi connectivity index (χ1) is 12.3. The number of nitrogens with one attached hydrogen (secondary N) is 1. The summed E-state index contributed by atoms with van der Waals surface area (Å²) in [5, 5.41) is 5.64. The van der Waals surface area contributed by atoms with E-state index in [1.165, 1.54) is 21.9 Å². The molecule has 142 valence electrons.